The van der Waals surface area contributed by atoms with E-state index in [9.17, 15) is 4.79 Å². The van der Waals surface area contributed by atoms with Crippen molar-refractivity contribution in [3.63, 3.8) is 0 Å². The molecule has 0 radical (unpaired) electrons. The smallest absolute Gasteiger partial charge is 0.248 e. The zero-order valence-electron chi connectivity index (χ0n) is 13.3. The van der Waals surface area contributed by atoms with Crippen LogP contribution in [0.3, 0.4) is 0 Å². The highest BCUT2D eigenvalue weighted by Crippen LogP contribution is 2.27. The zero-order valence-corrected chi connectivity index (χ0v) is 14.1. The maximum absolute atomic E-state index is 11.2. The fourth-order valence-electron chi connectivity index (χ4n) is 3.21. The van der Waals surface area contributed by atoms with E-state index in [-0.39, 0.29) is 5.91 Å². The van der Waals surface area contributed by atoms with E-state index < -0.39 is 0 Å². The minimum atomic E-state index is -0.379. The minimum absolute atomic E-state index is 0.379. The van der Waals surface area contributed by atoms with Gasteiger partial charge in [0.2, 0.25) is 5.91 Å². The van der Waals surface area contributed by atoms with Crippen LogP contribution in [0.2, 0.25) is 0 Å². The van der Waals surface area contributed by atoms with E-state index >= 15 is 0 Å². The standard InChI is InChI=1S/C19H19N3OS/c20-19(23)14-1-3-16(4-2-14)21-8-10-22(11-9-21)17-5-6-18-15(13-17)7-12-24-18/h1-7,12-13H,8-11H2,(H2,20,23). The molecule has 0 spiro atoms. The van der Waals surface area contributed by atoms with Crippen LogP contribution in [-0.2, 0) is 0 Å². The summed E-state index contributed by atoms with van der Waals surface area (Å²) in [4.78, 5) is 16.0. The first-order chi connectivity index (χ1) is 11.7. The fourth-order valence-corrected chi connectivity index (χ4v) is 3.98. The van der Waals surface area contributed by atoms with E-state index in [4.69, 9.17) is 5.73 Å². The van der Waals surface area contributed by atoms with E-state index in [0.29, 0.717) is 5.56 Å². The molecule has 1 aliphatic heterocycles. The quantitative estimate of drug-likeness (QED) is 0.797. The Balaban J connectivity index is 1.45. The van der Waals surface area contributed by atoms with Crippen molar-refractivity contribution < 1.29 is 4.79 Å². The second-order valence-corrected chi connectivity index (χ2v) is 6.98. The molecule has 3 aromatic rings. The molecule has 4 nitrogen and oxygen atoms in total. The third kappa shape index (κ3) is 2.83. The van der Waals surface area contributed by atoms with Gasteiger partial charge in [-0.3, -0.25) is 4.79 Å². The number of nitrogens with two attached hydrogens (primary N) is 1. The lowest BCUT2D eigenvalue weighted by molar-refractivity contribution is 0.100. The summed E-state index contributed by atoms with van der Waals surface area (Å²) in [6.07, 6.45) is 0. The molecule has 2 heterocycles. The summed E-state index contributed by atoms with van der Waals surface area (Å²) in [6, 6.07) is 16.5. The number of rotatable bonds is 3. The van der Waals surface area contributed by atoms with Crippen molar-refractivity contribution in [3.8, 4) is 0 Å². The van der Waals surface area contributed by atoms with Gasteiger partial charge in [-0.15, -0.1) is 11.3 Å². The Morgan fingerprint density at radius 1 is 0.875 bits per heavy atom. The number of piperazine rings is 1. The molecule has 1 aliphatic rings. The number of carbonyl (C=O) groups is 1. The van der Waals surface area contributed by atoms with Crippen LogP contribution in [0.25, 0.3) is 10.1 Å². The molecule has 1 amide bonds. The Morgan fingerprint density at radius 2 is 1.50 bits per heavy atom. The summed E-state index contributed by atoms with van der Waals surface area (Å²) in [5.74, 6) is -0.379. The molecule has 4 rings (SSSR count). The Morgan fingerprint density at radius 3 is 2.17 bits per heavy atom. The molecule has 24 heavy (non-hydrogen) atoms. The molecule has 1 aromatic heterocycles. The van der Waals surface area contributed by atoms with Crippen LogP contribution >= 0.6 is 11.3 Å². The number of hydrogen-bond donors (Lipinski definition) is 1. The summed E-state index contributed by atoms with van der Waals surface area (Å²) in [5, 5.41) is 3.46. The van der Waals surface area contributed by atoms with E-state index in [2.05, 4.69) is 39.4 Å². The van der Waals surface area contributed by atoms with Gasteiger partial charge in [0.15, 0.2) is 0 Å². The summed E-state index contributed by atoms with van der Waals surface area (Å²) < 4.78 is 1.34. The predicted molar refractivity (Wildman–Crippen MR) is 101 cm³/mol. The van der Waals surface area contributed by atoms with Gasteiger partial charge in [0.1, 0.15) is 0 Å². The second kappa shape index (κ2) is 6.17. The van der Waals surface area contributed by atoms with Gasteiger partial charge in [-0.05, 0) is 59.3 Å². The Bertz CT molecular complexity index is 864. The molecule has 0 saturated carbocycles. The molecule has 0 unspecified atom stereocenters. The van der Waals surface area contributed by atoms with Crippen molar-refractivity contribution in [1.29, 1.82) is 0 Å². The highest BCUT2D eigenvalue weighted by atomic mass is 32.1. The van der Waals surface area contributed by atoms with Crippen molar-refractivity contribution in [2.75, 3.05) is 36.0 Å². The monoisotopic (exact) mass is 337 g/mol. The average molecular weight is 337 g/mol. The SMILES string of the molecule is NC(=O)c1ccc(N2CCN(c3ccc4sccc4c3)CC2)cc1. The van der Waals surface area contributed by atoms with Crippen molar-refractivity contribution in [1.82, 2.24) is 0 Å². The molecule has 5 heteroatoms. The van der Waals surface area contributed by atoms with Crippen LogP contribution in [-0.4, -0.2) is 32.1 Å². The predicted octanol–water partition coefficient (Wildman–Crippen LogP) is 3.33. The molecule has 2 aromatic carbocycles. The first-order valence-corrected chi connectivity index (χ1v) is 8.96. The van der Waals surface area contributed by atoms with Gasteiger partial charge in [-0.2, -0.15) is 0 Å². The first kappa shape index (κ1) is 15.0. The van der Waals surface area contributed by atoms with E-state index in [1.165, 1.54) is 15.8 Å². The number of carbonyl (C=O) groups excluding carboxylic acids is 1. The maximum Gasteiger partial charge on any atom is 0.248 e. The minimum Gasteiger partial charge on any atom is -0.368 e. The van der Waals surface area contributed by atoms with Gasteiger partial charge < -0.3 is 15.5 Å². The Hall–Kier alpha value is -2.53. The fraction of sp³-hybridized carbons (Fsp3) is 0.211. The first-order valence-electron chi connectivity index (χ1n) is 8.08. The lowest BCUT2D eigenvalue weighted by atomic mass is 10.1. The Kier molecular flexibility index (Phi) is 3.86. The van der Waals surface area contributed by atoms with Crippen molar-refractivity contribution in [2.24, 2.45) is 5.73 Å². The lowest BCUT2D eigenvalue weighted by Crippen LogP contribution is -2.46. The maximum atomic E-state index is 11.2. The third-order valence-electron chi connectivity index (χ3n) is 4.60. The summed E-state index contributed by atoms with van der Waals surface area (Å²) in [7, 11) is 0. The van der Waals surface area contributed by atoms with Crippen LogP contribution in [0.15, 0.2) is 53.9 Å². The molecule has 0 aliphatic carbocycles. The number of anilines is 2. The number of hydrogen-bond acceptors (Lipinski definition) is 4. The van der Waals surface area contributed by atoms with E-state index in [1.807, 2.05) is 12.1 Å². The second-order valence-electron chi connectivity index (χ2n) is 6.03. The molecule has 122 valence electrons. The van der Waals surface area contributed by atoms with E-state index in [1.54, 1.807) is 23.5 Å². The largest absolute Gasteiger partial charge is 0.368 e. The van der Waals surface area contributed by atoms with Crippen molar-refractivity contribution in [2.45, 2.75) is 0 Å². The van der Waals surface area contributed by atoms with Crippen LogP contribution in [0.5, 0.6) is 0 Å². The summed E-state index contributed by atoms with van der Waals surface area (Å²) >= 11 is 1.78. The van der Waals surface area contributed by atoms with Gasteiger partial charge >= 0.3 is 0 Å². The topological polar surface area (TPSA) is 49.6 Å². The number of nitrogens with zero attached hydrogens (tertiary/aromatic N) is 2. The van der Waals surface area contributed by atoms with Crippen LogP contribution in [0, 0.1) is 0 Å². The molecular formula is C19H19N3OS. The highest BCUT2D eigenvalue weighted by molar-refractivity contribution is 7.17. The number of benzene rings is 2. The third-order valence-corrected chi connectivity index (χ3v) is 5.50. The summed E-state index contributed by atoms with van der Waals surface area (Å²) in [5.41, 5.74) is 8.30. The summed E-state index contributed by atoms with van der Waals surface area (Å²) in [6.45, 7) is 3.93. The zero-order chi connectivity index (χ0) is 16.5. The Labute approximate surface area is 145 Å². The van der Waals surface area contributed by atoms with Crippen molar-refractivity contribution in [3.05, 3.63) is 59.5 Å². The van der Waals surface area contributed by atoms with Gasteiger partial charge in [0.25, 0.3) is 0 Å². The number of primary amides is 1. The molecule has 1 fully saturated rings. The van der Waals surface area contributed by atoms with Gasteiger partial charge in [0, 0.05) is 47.8 Å². The average Bonchev–Trinajstić information content (AvgIpc) is 3.09. The van der Waals surface area contributed by atoms with E-state index in [0.717, 1.165) is 31.9 Å². The van der Waals surface area contributed by atoms with Crippen LogP contribution in [0.1, 0.15) is 10.4 Å². The number of thiophene rings is 1. The number of amides is 1. The van der Waals surface area contributed by atoms with Gasteiger partial charge in [-0.25, -0.2) is 0 Å². The molecule has 0 atom stereocenters. The van der Waals surface area contributed by atoms with Crippen molar-refractivity contribution >= 4 is 38.7 Å². The van der Waals surface area contributed by atoms with Crippen LogP contribution in [0.4, 0.5) is 11.4 Å². The molecule has 0 bridgehead atoms. The normalized spacial score (nSPS) is 15.0. The molecule has 2 N–H and O–H groups in total. The van der Waals surface area contributed by atoms with Crippen LogP contribution < -0.4 is 15.5 Å². The highest BCUT2D eigenvalue weighted by Gasteiger charge is 2.18. The number of fused-ring (bicyclic) bond motifs is 1. The lowest BCUT2D eigenvalue weighted by Gasteiger charge is -2.37. The molecule has 1 saturated heterocycles. The van der Waals surface area contributed by atoms with Gasteiger partial charge in [-0.1, -0.05) is 0 Å². The molecular weight excluding hydrogens is 318 g/mol. The van der Waals surface area contributed by atoms with Gasteiger partial charge in [0.05, 0.1) is 0 Å².